The Labute approximate surface area is 194 Å². The molecule has 6 rings (SSSR count). The molecule has 158 valence electrons. The quantitative estimate of drug-likeness (QED) is 0.337. The first-order valence-electron chi connectivity index (χ1n) is 11.4. The van der Waals surface area contributed by atoms with E-state index in [4.69, 9.17) is 0 Å². The summed E-state index contributed by atoms with van der Waals surface area (Å²) in [6, 6.07) is 33.3. The van der Waals surface area contributed by atoms with Crippen molar-refractivity contribution in [3.05, 3.63) is 143 Å². The predicted molar refractivity (Wildman–Crippen MR) is 138 cm³/mol. The Kier molecular flexibility index (Phi) is 4.71. The van der Waals surface area contributed by atoms with E-state index in [0.717, 1.165) is 33.4 Å². The number of rotatable bonds is 1. The van der Waals surface area contributed by atoms with Crippen molar-refractivity contribution in [1.29, 1.82) is 0 Å². The minimum Gasteiger partial charge on any atom is -0.379 e. The summed E-state index contributed by atoms with van der Waals surface area (Å²) >= 11 is 0. The van der Waals surface area contributed by atoms with Gasteiger partial charge in [-0.05, 0) is 44.5 Å². The maximum absolute atomic E-state index is 12.6. The maximum Gasteiger partial charge on any atom is 0.125 e. The Morgan fingerprint density at radius 2 is 0.848 bits per heavy atom. The molecule has 0 aromatic heterocycles. The third-order valence-electron chi connectivity index (χ3n) is 6.85. The zero-order valence-electron chi connectivity index (χ0n) is 18.2. The third kappa shape index (κ3) is 3.21. The van der Waals surface area contributed by atoms with Crippen LogP contribution in [0, 0.1) is 5.92 Å². The number of hydrogen-bond donors (Lipinski definition) is 1. The first-order chi connectivity index (χ1) is 16.2. The van der Waals surface area contributed by atoms with Gasteiger partial charge in [-0.15, -0.1) is 0 Å². The van der Waals surface area contributed by atoms with Crippen LogP contribution in [-0.4, -0.2) is 5.11 Å². The second kappa shape index (κ2) is 7.88. The first-order valence-corrected chi connectivity index (χ1v) is 11.4. The van der Waals surface area contributed by atoms with E-state index in [1.54, 1.807) is 0 Å². The lowest BCUT2D eigenvalue weighted by Crippen LogP contribution is -2.35. The first kappa shape index (κ1) is 19.7. The van der Waals surface area contributed by atoms with Gasteiger partial charge in [-0.2, -0.15) is 0 Å². The zero-order valence-corrected chi connectivity index (χ0v) is 18.2. The van der Waals surface area contributed by atoms with Crippen molar-refractivity contribution in [2.75, 3.05) is 0 Å². The summed E-state index contributed by atoms with van der Waals surface area (Å²) in [7, 11) is 0. The smallest absolute Gasteiger partial charge is 0.125 e. The van der Waals surface area contributed by atoms with E-state index in [-0.39, 0.29) is 5.92 Å². The molecular formula is C32H24O. The van der Waals surface area contributed by atoms with E-state index in [0.29, 0.717) is 0 Å². The van der Waals surface area contributed by atoms with E-state index < -0.39 is 5.60 Å². The number of fused-ring (bicyclic) bond motifs is 5. The van der Waals surface area contributed by atoms with Crippen LogP contribution in [0.2, 0.25) is 0 Å². The summed E-state index contributed by atoms with van der Waals surface area (Å²) in [5.41, 5.74) is 7.41. The normalized spacial score (nSPS) is 17.7. The van der Waals surface area contributed by atoms with Gasteiger partial charge in [-0.25, -0.2) is 0 Å². The zero-order chi connectivity index (χ0) is 22.3. The molecular weight excluding hydrogens is 400 g/mol. The maximum atomic E-state index is 12.6. The topological polar surface area (TPSA) is 20.2 Å². The largest absolute Gasteiger partial charge is 0.379 e. The molecule has 1 heteroatoms. The van der Waals surface area contributed by atoms with E-state index in [9.17, 15) is 5.11 Å². The molecule has 0 radical (unpaired) electrons. The Morgan fingerprint density at radius 1 is 0.455 bits per heavy atom. The van der Waals surface area contributed by atoms with Crippen LogP contribution in [0.25, 0.3) is 35.4 Å². The summed E-state index contributed by atoms with van der Waals surface area (Å²) in [6.07, 6.45) is 12.8. The van der Waals surface area contributed by atoms with Gasteiger partial charge in [0.05, 0.1) is 0 Å². The standard InChI is InChI=1S/C32H24O/c33-32(30-15-7-3-11-25(30)17-18-26-12-4-8-16-31(26)32)27-21-19-23-9-1-5-13-28(23)29-14-6-2-10-24(29)20-22-27/h1-22,27,33H/b21-19-,22-20-. The molecule has 0 fully saturated rings. The van der Waals surface area contributed by atoms with Crippen LogP contribution >= 0.6 is 0 Å². The molecule has 2 aliphatic carbocycles. The number of aliphatic hydroxyl groups is 1. The van der Waals surface area contributed by atoms with Crippen molar-refractivity contribution in [2.45, 2.75) is 5.60 Å². The minimum absolute atomic E-state index is 0.265. The highest BCUT2D eigenvalue weighted by atomic mass is 16.3. The van der Waals surface area contributed by atoms with E-state index in [2.05, 4.69) is 109 Å². The van der Waals surface area contributed by atoms with Gasteiger partial charge < -0.3 is 5.11 Å². The molecule has 0 saturated carbocycles. The third-order valence-corrected chi connectivity index (χ3v) is 6.85. The highest BCUT2D eigenvalue weighted by Crippen LogP contribution is 2.45. The van der Waals surface area contributed by atoms with Crippen molar-refractivity contribution in [2.24, 2.45) is 5.92 Å². The van der Waals surface area contributed by atoms with Gasteiger partial charge >= 0.3 is 0 Å². The molecule has 4 aromatic carbocycles. The summed E-state index contributed by atoms with van der Waals surface area (Å²) in [5.74, 6) is -0.265. The van der Waals surface area contributed by atoms with E-state index >= 15 is 0 Å². The molecule has 0 aliphatic heterocycles. The molecule has 0 spiro atoms. The lowest BCUT2D eigenvalue weighted by Gasteiger charge is -2.36. The fourth-order valence-corrected chi connectivity index (χ4v) is 5.20. The molecule has 0 atom stereocenters. The van der Waals surface area contributed by atoms with E-state index in [1.807, 2.05) is 24.3 Å². The van der Waals surface area contributed by atoms with Crippen molar-refractivity contribution >= 4 is 24.3 Å². The fraction of sp³-hybridized carbons (Fsp3) is 0.0625. The van der Waals surface area contributed by atoms with Crippen LogP contribution in [0.5, 0.6) is 0 Å². The summed E-state index contributed by atoms with van der Waals surface area (Å²) in [6.45, 7) is 0. The summed E-state index contributed by atoms with van der Waals surface area (Å²) < 4.78 is 0. The van der Waals surface area contributed by atoms with Crippen molar-refractivity contribution in [3.63, 3.8) is 0 Å². The molecule has 1 nitrogen and oxygen atoms in total. The highest BCUT2D eigenvalue weighted by molar-refractivity contribution is 5.83. The Balaban J connectivity index is 1.62. The van der Waals surface area contributed by atoms with Gasteiger partial charge in [0.15, 0.2) is 0 Å². The predicted octanol–water partition coefficient (Wildman–Crippen LogP) is 7.43. The van der Waals surface area contributed by atoms with Gasteiger partial charge in [-0.3, -0.25) is 0 Å². The molecule has 0 heterocycles. The van der Waals surface area contributed by atoms with Gasteiger partial charge in [-0.1, -0.05) is 134 Å². The molecule has 4 aromatic rings. The van der Waals surface area contributed by atoms with Crippen molar-refractivity contribution in [3.8, 4) is 11.1 Å². The van der Waals surface area contributed by atoms with Crippen molar-refractivity contribution in [1.82, 2.24) is 0 Å². The van der Waals surface area contributed by atoms with Gasteiger partial charge in [0.2, 0.25) is 0 Å². The lowest BCUT2D eigenvalue weighted by molar-refractivity contribution is 0.0544. The SMILES string of the molecule is OC1(C2/C=C\c3ccccc3-c3ccccc3/C=C\2)c2ccccc2C=Cc2ccccc21. The van der Waals surface area contributed by atoms with Crippen LogP contribution in [0.3, 0.4) is 0 Å². The number of hydrogen-bond acceptors (Lipinski definition) is 1. The molecule has 0 saturated heterocycles. The number of benzene rings is 4. The summed E-state index contributed by atoms with van der Waals surface area (Å²) in [5, 5.41) is 12.6. The average Bonchev–Trinajstić information content (AvgIpc) is 2.94. The fourth-order valence-electron chi connectivity index (χ4n) is 5.20. The Hall–Kier alpha value is -3.94. The molecule has 33 heavy (non-hydrogen) atoms. The van der Waals surface area contributed by atoms with E-state index in [1.165, 1.54) is 11.1 Å². The van der Waals surface area contributed by atoms with Crippen molar-refractivity contribution < 1.29 is 5.11 Å². The summed E-state index contributed by atoms with van der Waals surface area (Å²) in [4.78, 5) is 0. The molecule has 2 aliphatic rings. The lowest BCUT2D eigenvalue weighted by atomic mass is 9.73. The molecule has 1 N–H and O–H groups in total. The van der Waals surface area contributed by atoms with Gasteiger partial charge in [0.1, 0.15) is 5.60 Å². The van der Waals surface area contributed by atoms with Crippen LogP contribution in [-0.2, 0) is 5.60 Å². The monoisotopic (exact) mass is 424 g/mol. The second-order valence-electron chi connectivity index (χ2n) is 8.69. The van der Waals surface area contributed by atoms with Crippen LogP contribution < -0.4 is 0 Å². The Morgan fingerprint density at radius 3 is 1.33 bits per heavy atom. The average molecular weight is 425 g/mol. The molecule has 0 unspecified atom stereocenters. The van der Waals surface area contributed by atoms with Gasteiger partial charge in [0.25, 0.3) is 0 Å². The molecule has 0 amide bonds. The Bertz CT molecular complexity index is 1330. The second-order valence-corrected chi connectivity index (χ2v) is 8.69. The van der Waals surface area contributed by atoms with Crippen LogP contribution in [0.1, 0.15) is 33.4 Å². The van der Waals surface area contributed by atoms with Gasteiger partial charge in [0, 0.05) is 5.92 Å². The van der Waals surface area contributed by atoms with Crippen LogP contribution in [0.15, 0.2) is 109 Å². The minimum atomic E-state index is -1.21. The van der Waals surface area contributed by atoms with Crippen LogP contribution in [0.4, 0.5) is 0 Å². The molecule has 0 bridgehead atoms. The highest BCUT2D eigenvalue weighted by Gasteiger charge is 2.41.